The van der Waals surface area contributed by atoms with Crippen LogP contribution in [0.1, 0.15) is 58.3 Å². The van der Waals surface area contributed by atoms with Crippen molar-refractivity contribution in [2.45, 2.75) is 58.6 Å². The second-order valence-corrected chi connectivity index (χ2v) is 11.7. The predicted octanol–water partition coefficient (Wildman–Crippen LogP) is 4.92. The molecule has 2 heterocycles. The number of hydrogen-bond donors (Lipinski definition) is 3. The second kappa shape index (κ2) is 14.9. The van der Waals surface area contributed by atoms with E-state index in [2.05, 4.69) is 29.5 Å². The van der Waals surface area contributed by atoms with Gasteiger partial charge in [-0.3, -0.25) is 19.1 Å². The first-order valence-electron chi connectivity index (χ1n) is 15.6. The van der Waals surface area contributed by atoms with Crippen LogP contribution in [0.5, 0.6) is 5.75 Å². The number of fused-ring (bicyclic) bond motifs is 1. The third-order valence-electron chi connectivity index (χ3n) is 8.29. The van der Waals surface area contributed by atoms with Crippen LogP contribution < -0.4 is 15.0 Å². The van der Waals surface area contributed by atoms with Gasteiger partial charge in [-0.1, -0.05) is 36.4 Å². The lowest BCUT2D eigenvalue weighted by Gasteiger charge is -2.31. The zero-order valence-corrected chi connectivity index (χ0v) is 26.2. The molecule has 46 heavy (non-hydrogen) atoms. The lowest BCUT2D eigenvalue weighted by Crippen LogP contribution is -2.35. The van der Waals surface area contributed by atoms with Gasteiger partial charge in [0.05, 0.1) is 31.9 Å². The third-order valence-corrected chi connectivity index (χ3v) is 8.29. The third kappa shape index (κ3) is 8.00. The quantitative estimate of drug-likeness (QED) is 0.180. The number of nitrogens with zero attached hydrogens (tertiary/aromatic N) is 3. The fourth-order valence-corrected chi connectivity index (χ4v) is 5.75. The lowest BCUT2D eigenvalue weighted by atomic mass is 9.93. The number of aryl methyl sites for hydroxylation is 1. The number of nitrogens with one attached hydrogen (secondary N) is 1. The Kier molecular flexibility index (Phi) is 10.5. The van der Waals surface area contributed by atoms with Gasteiger partial charge < -0.3 is 25.2 Å². The van der Waals surface area contributed by atoms with Crippen LogP contribution in [0.15, 0.2) is 73.1 Å². The van der Waals surface area contributed by atoms with Gasteiger partial charge in [-0.05, 0) is 85.2 Å². The number of anilines is 1. The van der Waals surface area contributed by atoms with E-state index in [0.29, 0.717) is 38.1 Å². The summed E-state index contributed by atoms with van der Waals surface area (Å²) in [6, 6.07) is 19.2. The minimum absolute atomic E-state index is 0.0960. The molecule has 0 spiro atoms. The number of carboxylic acids is 1. The van der Waals surface area contributed by atoms with Gasteiger partial charge in [0.1, 0.15) is 5.75 Å². The Morgan fingerprint density at radius 3 is 2.70 bits per heavy atom. The van der Waals surface area contributed by atoms with E-state index in [-0.39, 0.29) is 12.5 Å². The Morgan fingerprint density at radius 1 is 1.07 bits per heavy atom. The average Bonchev–Trinajstić information content (AvgIpc) is 3.51. The number of carbonyl (C=O) groups excluding carboxylic acids is 2. The molecule has 1 aliphatic heterocycles. The number of hydrogen-bond acceptors (Lipinski definition) is 6. The number of aliphatic hydroxyl groups excluding tert-OH is 1. The van der Waals surface area contributed by atoms with Crippen LogP contribution in [0.25, 0.3) is 11.1 Å². The number of benzene rings is 3. The van der Waals surface area contributed by atoms with Gasteiger partial charge in [0.25, 0.3) is 5.91 Å². The highest BCUT2D eigenvalue weighted by molar-refractivity contribution is 5.96. The number of ether oxygens (including phenoxy) is 1. The molecule has 0 saturated heterocycles. The largest absolute Gasteiger partial charge is 0.493 e. The maximum Gasteiger partial charge on any atom is 0.306 e. The van der Waals surface area contributed by atoms with E-state index in [4.69, 9.17) is 9.84 Å². The molecule has 0 bridgehead atoms. The summed E-state index contributed by atoms with van der Waals surface area (Å²) in [6.45, 7) is 5.57. The number of carboxylic acid groups (broad SMARTS) is 1. The molecule has 1 atom stereocenters. The van der Waals surface area contributed by atoms with Crippen molar-refractivity contribution < 1.29 is 29.3 Å². The standard InChI is InChI=1S/C36H40N4O6/c1-24-8-3-14-33(25(24)2)46-17-7-15-34(42)40-16-6-12-31-30(11-5-13-32(31)40)28-20-38-39(23-28)22-26-9-4-10-27(18-26)36(45)37-21-29(41)19-35(43)44/h3-5,8-11,13-14,18,20,23,29,41H,6-7,12,15-17,19,21-22H2,1-2H3,(H,37,45)(H,43,44). The fourth-order valence-electron chi connectivity index (χ4n) is 5.75. The minimum Gasteiger partial charge on any atom is -0.493 e. The molecule has 10 heteroatoms. The van der Waals surface area contributed by atoms with Gasteiger partial charge in [-0.2, -0.15) is 5.10 Å². The molecule has 240 valence electrons. The molecule has 5 rings (SSSR count). The van der Waals surface area contributed by atoms with Crippen molar-refractivity contribution >= 4 is 23.5 Å². The van der Waals surface area contributed by atoms with E-state index < -0.39 is 24.4 Å². The van der Waals surface area contributed by atoms with E-state index in [1.54, 1.807) is 18.2 Å². The number of aromatic nitrogens is 2. The van der Waals surface area contributed by atoms with Crippen molar-refractivity contribution in [3.8, 4) is 16.9 Å². The average molecular weight is 625 g/mol. The summed E-state index contributed by atoms with van der Waals surface area (Å²) in [7, 11) is 0. The van der Waals surface area contributed by atoms with E-state index in [1.165, 1.54) is 5.56 Å². The summed E-state index contributed by atoms with van der Waals surface area (Å²) in [5, 5.41) is 25.7. The highest BCUT2D eigenvalue weighted by atomic mass is 16.5. The molecule has 1 unspecified atom stereocenters. The second-order valence-electron chi connectivity index (χ2n) is 11.7. The van der Waals surface area contributed by atoms with Crippen LogP contribution in [0.4, 0.5) is 5.69 Å². The van der Waals surface area contributed by atoms with E-state index in [0.717, 1.165) is 52.1 Å². The van der Waals surface area contributed by atoms with Gasteiger partial charge in [-0.15, -0.1) is 0 Å². The Hall–Kier alpha value is -4.96. The SMILES string of the molecule is Cc1cccc(OCCCC(=O)N2CCCc3c(-c4cnn(Cc5cccc(C(=O)NCC(O)CC(=O)O)c5)c4)cccc32)c1C. The van der Waals surface area contributed by atoms with Crippen molar-refractivity contribution in [2.75, 3.05) is 24.6 Å². The van der Waals surface area contributed by atoms with Gasteiger partial charge in [0, 0.05) is 42.5 Å². The maximum absolute atomic E-state index is 13.3. The van der Waals surface area contributed by atoms with Crippen LogP contribution in [-0.2, 0) is 22.6 Å². The van der Waals surface area contributed by atoms with E-state index in [1.807, 2.05) is 59.2 Å². The number of aliphatic hydroxyl groups is 1. The maximum atomic E-state index is 13.3. The Labute approximate surface area is 268 Å². The smallest absolute Gasteiger partial charge is 0.306 e. The highest BCUT2D eigenvalue weighted by Gasteiger charge is 2.25. The summed E-state index contributed by atoms with van der Waals surface area (Å²) in [5.74, 6) is -0.560. The number of carbonyl (C=O) groups is 3. The zero-order chi connectivity index (χ0) is 32.6. The van der Waals surface area contributed by atoms with Crippen LogP contribution in [0, 0.1) is 13.8 Å². The van der Waals surface area contributed by atoms with Crippen LogP contribution in [0.3, 0.4) is 0 Å². The van der Waals surface area contributed by atoms with E-state index in [9.17, 15) is 19.5 Å². The van der Waals surface area contributed by atoms with E-state index >= 15 is 0 Å². The molecule has 0 fully saturated rings. The lowest BCUT2D eigenvalue weighted by molar-refractivity contribution is -0.139. The molecular weight excluding hydrogens is 584 g/mol. The monoisotopic (exact) mass is 624 g/mol. The number of amides is 2. The first-order valence-corrected chi connectivity index (χ1v) is 15.6. The van der Waals surface area contributed by atoms with Crippen molar-refractivity contribution in [3.05, 3.63) is 101 Å². The van der Waals surface area contributed by atoms with Gasteiger partial charge in [-0.25, -0.2) is 0 Å². The Balaban J connectivity index is 1.21. The van der Waals surface area contributed by atoms with Gasteiger partial charge in [0.2, 0.25) is 5.91 Å². The Bertz CT molecular complexity index is 1710. The van der Waals surface area contributed by atoms with Gasteiger partial charge >= 0.3 is 5.97 Å². The van der Waals surface area contributed by atoms with Crippen molar-refractivity contribution in [3.63, 3.8) is 0 Å². The summed E-state index contributed by atoms with van der Waals surface area (Å²) >= 11 is 0. The number of rotatable bonds is 13. The van der Waals surface area contributed by atoms with Crippen molar-refractivity contribution in [2.24, 2.45) is 0 Å². The summed E-state index contributed by atoms with van der Waals surface area (Å²) < 4.78 is 7.78. The molecule has 3 N–H and O–H groups in total. The van der Waals surface area contributed by atoms with Crippen LogP contribution >= 0.6 is 0 Å². The summed E-state index contributed by atoms with van der Waals surface area (Å²) in [6.07, 6.45) is 4.99. The molecule has 0 radical (unpaired) electrons. The molecule has 2 amide bonds. The minimum atomic E-state index is -1.16. The molecular formula is C36H40N4O6. The molecule has 1 aliphatic rings. The van der Waals surface area contributed by atoms with Crippen molar-refractivity contribution in [1.29, 1.82) is 0 Å². The fraction of sp³-hybridized carbons (Fsp3) is 0.333. The van der Waals surface area contributed by atoms with Crippen LogP contribution in [-0.4, -0.2) is 63.6 Å². The Morgan fingerprint density at radius 2 is 1.87 bits per heavy atom. The summed E-state index contributed by atoms with van der Waals surface area (Å²) in [5.41, 5.74) is 7.67. The topological polar surface area (TPSA) is 134 Å². The molecule has 10 nitrogen and oxygen atoms in total. The van der Waals surface area contributed by atoms with Crippen molar-refractivity contribution in [1.82, 2.24) is 15.1 Å². The summed E-state index contributed by atoms with van der Waals surface area (Å²) in [4.78, 5) is 38.5. The van der Waals surface area contributed by atoms with Crippen LogP contribution in [0.2, 0.25) is 0 Å². The zero-order valence-electron chi connectivity index (χ0n) is 26.2. The normalized spacial score (nSPS) is 13.2. The first kappa shape index (κ1) is 32.4. The van der Waals surface area contributed by atoms with Gasteiger partial charge in [0.15, 0.2) is 0 Å². The number of aliphatic carboxylic acids is 1. The highest BCUT2D eigenvalue weighted by Crippen LogP contribution is 2.36. The molecule has 4 aromatic rings. The molecule has 3 aromatic carbocycles. The predicted molar refractivity (Wildman–Crippen MR) is 175 cm³/mol. The molecule has 0 aliphatic carbocycles. The molecule has 0 saturated carbocycles. The first-order chi connectivity index (χ1) is 22.2. The molecule has 1 aromatic heterocycles.